The second-order valence-corrected chi connectivity index (χ2v) is 6.57. The number of anilines is 2. The molecule has 2 amide bonds. The number of urea groups is 1. The Morgan fingerprint density at radius 1 is 1.19 bits per heavy atom. The van der Waals surface area contributed by atoms with Crippen LogP contribution in [0.4, 0.5) is 21.0 Å². The molecule has 1 atom stereocenters. The number of hydrogen-bond donors (Lipinski definition) is 1. The van der Waals surface area contributed by atoms with Crippen molar-refractivity contribution in [3.8, 4) is 0 Å². The van der Waals surface area contributed by atoms with Crippen LogP contribution in [-0.4, -0.2) is 58.7 Å². The molecule has 8 nitrogen and oxygen atoms in total. The number of nitrogens with one attached hydrogen (secondary N) is 1. The van der Waals surface area contributed by atoms with Gasteiger partial charge in [-0.2, -0.15) is 0 Å². The van der Waals surface area contributed by atoms with Crippen LogP contribution in [0, 0.1) is 5.82 Å². The molecular formula is C18H21FN6O2. The number of halogens is 1. The fraction of sp³-hybridized carbons (Fsp3) is 0.444. The maximum absolute atomic E-state index is 12.9. The third-order valence-electron chi connectivity index (χ3n) is 4.70. The van der Waals surface area contributed by atoms with Gasteiger partial charge in [-0.1, -0.05) is 0 Å². The van der Waals surface area contributed by atoms with Gasteiger partial charge in [0.05, 0.1) is 25.0 Å². The van der Waals surface area contributed by atoms with E-state index in [1.54, 1.807) is 11.1 Å². The van der Waals surface area contributed by atoms with Gasteiger partial charge in [-0.3, -0.25) is 5.32 Å². The quantitative estimate of drug-likeness (QED) is 0.889. The van der Waals surface area contributed by atoms with Crippen molar-refractivity contribution in [2.75, 3.05) is 43.0 Å². The number of ether oxygens (including phenoxy) is 1. The summed E-state index contributed by atoms with van der Waals surface area (Å²) in [7, 11) is 0. The first kappa shape index (κ1) is 17.6. The highest BCUT2D eigenvalue weighted by atomic mass is 19.1. The normalized spacial score (nSPS) is 20.0. The third-order valence-corrected chi connectivity index (χ3v) is 4.70. The summed E-state index contributed by atoms with van der Waals surface area (Å²) < 4.78 is 18.8. The Morgan fingerprint density at radius 3 is 2.81 bits per heavy atom. The Bertz CT molecular complexity index is 797. The minimum atomic E-state index is -0.447. The number of morpholine rings is 1. The van der Waals surface area contributed by atoms with E-state index in [4.69, 9.17) is 4.74 Å². The molecule has 2 saturated heterocycles. The van der Waals surface area contributed by atoms with Gasteiger partial charge < -0.3 is 14.5 Å². The summed E-state index contributed by atoms with van der Waals surface area (Å²) in [5.41, 5.74) is 0.768. The number of rotatable bonds is 3. The van der Waals surface area contributed by atoms with Gasteiger partial charge in [-0.15, -0.1) is 0 Å². The summed E-state index contributed by atoms with van der Waals surface area (Å²) in [5.74, 6) is 0.575. The lowest BCUT2D eigenvalue weighted by atomic mass is 10.2. The molecule has 0 spiro atoms. The first-order chi connectivity index (χ1) is 13.2. The smallest absolute Gasteiger partial charge is 0.323 e. The van der Waals surface area contributed by atoms with Crippen LogP contribution < -0.4 is 10.2 Å². The third kappa shape index (κ3) is 4.13. The van der Waals surface area contributed by atoms with Crippen LogP contribution in [0.25, 0.3) is 0 Å². The molecule has 0 aromatic carbocycles. The van der Waals surface area contributed by atoms with Gasteiger partial charge in [-0.25, -0.2) is 24.1 Å². The summed E-state index contributed by atoms with van der Waals surface area (Å²) in [6.07, 6.45) is 4.80. The number of aromatic nitrogens is 3. The predicted octanol–water partition coefficient (Wildman–Crippen LogP) is 2.22. The molecule has 2 aliphatic heterocycles. The zero-order valence-corrected chi connectivity index (χ0v) is 14.8. The summed E-state index contributed by atoms with van der Waals surface area (Å²) >= 11 is 0. The van der Waals surface area contributed by atoms with Gasteiger partial charge in [0.25, 0.3) is 0 Å². The molecule has 9 heteroatoms. The molecule has 0 radical (unpaired) electrons. The Morgan fingerprint density at radius 2 is 2.04 bits per heavy atom. The molecule has 2 aliphatic rings. The lowest BCUT2D eigenvalue weighted by molar-refractivity contribution is -0.0157. The van der Waals surface area contributed by atoms with Crippen molar-refractivity contribution >= 4 is 17.8 Å². The molecule has 142 valence electrons. The van der Waals surface area contributed by atoms with Crippen molar-refractivity contribution < 1.29 is 13.9 Å². The largest absolute Gasteiger partial charge is 0.368 e. The van der Waals surface area contributed by atoms with Crippen LogP contribution in [0.3, 0.4) is 0 Å². The second-order valence-electron chi connectivity index (χ2n) is 6.57. The fourth-order valence-electron chi connectivity index (χ4n) is 3.26. The van der Waals surface area contributed by atoms with Gasteiger partial charge in [0.2, 0.25) is 5.95 Å². The number of nitrogens with zero attached hydrogens (tertiary/aromatic N) is 5. The van der Waals surface area contributed by atoms with Gasteiger partial charge in [0.15, 0.2) is 0 Å². The summed E-state index contributed by atoms with van der Waals surface area (Å²) in [6, 6.07) is 4.22. The predicted molar refractivity (Wildman–Crippen MR) is 97.0 cm³/mol. The Hall–Kier alpha value is -2.81. The molecule has 0 aliphatic carbocycles. The Kier molecular flexibility index (Phi) is 5.10. The van der Waals surface area contributed by atoms with Crippen LogP contribution in [0.1, 0.15) is 24.6 Å². The molecule has 1 N–H and O–H groups in total. The molecule has 0 bridgehead atoms. The van der Waals surface area contributed by atoms with E-state index in [0.29, 0.717) is 31.5 Å². The van der Waals surface area contributed by atoms with Crippen molar-refractivity contribution in [1.29, 1.82) is 0 Å². The molecule has 2 aromatic heterocycles. The van der Waals surface area contributed by atoms with Crippen LogP contribution in [0.5, 0.6) is 0 Å². The van der Waals surface area contributed by atoms with Gasteiger partial charge in [0.1, 0.15) is 17.7 Å². The molecule has 2 fully saturated rings. The van der Waals surface area contributed by atoms with Crippen molar-refractivity contribution in [2.24, 2.45) is 0 Å². The number of pyridine rings is 1. The number of carbonyl (C=O) groups excluding carboxylic acids is 1. The van der Waals surface area contributed by atoms with Crippen LogP contribution in [0.15, 0.2) is 30.6 Å². The minimum Gasteiger partial charge on any atom is -0.368 e. The summed E-state index contributed by atoms with van der Waals surface area (Å²) in [6.45, 7) is 3.19. The van der Waals surface area contributed by atoms with Gasteiger partial charge in [-0.05, 0) is 31.0 Å². The first-order valence-corrected chi connectivity index (χ1v) is 9.06. The SMILES string of the molecule is O=C(Nc1ccc(F)cn1)N1CCO[C@@H](c2ccnc(N3CCCC3)n2)C1. The van der Waals surface area contributed by atoms with Crippen molar-refractivity contribution in [3.05, 3.63) is 42.1 Å². The standard InChI is InChI=1S/C18H21FN6O2/c19-13-3-4-16(21-11-13)23-18(26)25-9-10-27-15(12-25)14-5-6-20-17(22-14)24-7-1-2-8-24/h3-6,11,15H,1-2,7-10,12H2,(H,21,23,26)/t15-/m1/s1. The average Bonchev–Trinajstić information content (AvgIpc) is 3.25. The molecule has 2 aromatic rings. The molecule has 0 unspecified atom stereocenters. The lowest BCUT2D eigenvalue weighted by Gasteiger charge is -2.32. The zero-order chi connectivity index (χ0) is 18.6. The van der Waals surface area contributed by atoms with Crippen molar-refractivity contribution in [2.45, 2.75) is 18.9 Å². The van der Waals surface area contributed by atoms with Crippen LogP contribution in [-0.2, 0) is 4.74 Å². The first-order valence-electron chi connectivity index (χ1n) is 9.06. The highest BCUT2D eigenvalue weighted by Crippen LogP contribution is 2.23. The highest BCUT2D eigenvalue weighted by Gasteiger charge is 2.27. The monoisotopic (exact) mass is 372 g/mol. The molecular weight excluding hydrogens is 351 g/mol. The fourth-order valence-corrected chi connectivity index (χ4v) is 3.26. The maximum Gasteiger partial charge on any atom is 0.323 e. The van der Waals surface area contributed by atoms with Crippen molar-refractivity contribution in [3.63, 3.8) is 0 Å². The summed E-state index contributed by atoms with van der Waals surface area (Å²) in [4.78, 5) is 29.2. The average molecular weight is 372 g/mol. The number of amides is 2. The Labute approximate surface area is 156 Å². The van der Waals surface area contributed by atoms with E-state index >= 15 is 0 Å². The topological polar surface area (TPSA) is 83.5 Å². The van der Waals surface area contributed by atoms with E-state index in [0.717, 1.165) is 37.8 Å². The molecule has 4 heterocycles. The van der Waals surface area contributed by atoms with E-state index < -0.39 is 5.82 Å². The number of hydrogen-bond acceptors (Lipinski definition) is 6. The number of carbonyl (C=O) groups is 1. The second kappa shape index (κ2) is 7.83. The van der Waals surface area contributed by atoms with E-state index in [1.807, 2.05) is 6.07 Å². The van der Waals surface area contributed by atoms with Crippen molar-refractivity contribution in [1.82, 2.24) is 19.9 Å². The molecule has 4 rings (SSSR count). The molecule has 0 saturated carbocycles. The van der Waals surface area contributed by atoms with Gasteiger partial charge in [0, 0.05) is 25.8 Å². The van der Waals surface area contributed by atoms with Crippen LogP contribution >= 0.6 is 0 Å². The Balaban J connectivity index is 1.42. The van der Waals surface area contributed by atoms with E-state index in [1.165, 1.54) is 12.1 Å². The maximum atomic E-state index is 12.9. The van der Waals surface area contributed by atoms with Gasteiger partial charge >= 0.3 is 6.03 Å². The lowest BCUT2D eigenvalue weighted by Crippen LogP contribution is -2.44. The summed E-state index contributed by atoms with van der Waals surface area (Å²) in [5, 5.41) is 2.68. The van der Waals surface area contributed by atoms with E-state index in [-0.39, 0.29) is 12.1 Å². The van der Waals surface area contributed by atoms with E-state index in [2.05, 4.69) is 25.2 Å². The zero-order valence-electron chi connectivity index (χ0n) is 14.8. The molecule has 27 heavy (non-hydrogen) atoms. The van der Waals surface area contributed by atoms with E-state index in [9.17, 15) is 9.18 Å². The van der Waals surface area contributed by atoms with Crippen LogP contribution in [0.2, 0.25) is 0 Å². The highest BCUT2D eigenvalue weighted by molar-refractivity contribution is 5.88. The minimum absolute atomic E-state index is 0.295.